The van der Waals surface area contributed by atoms with E-state index < -0.39 is 23.6 Å². The summed E-state index contributed by atoms with van der Waals surface area (Å²) in [6, 6.07) is 2.40. The topological polar surface area (TPSA) is 38.0 Å². The Labute approximate surface area is 102 Å². The third kappa shape index (κ3) is 3.54. The van der Waals surface area contributed by atoms with E-state index >= 15 is 0 Å². The molecular formula is C12H14F4N2. The number of rotatable bonds is 5. The molecule has 0 saturated heterocycles. The highest BCUT2D eigenvalue weighted by Crippen LogP contribution is 2.33. The Hall–Kier alpha value is -1.40. The molecule has 0 bridgehead atoms. The standard InChI is InChI=1S/C12H14F4N2/c1-2-3-4-11(18-17)8-5-6-10(13)9(7-8)12(14,15)16/h2,5-7,11,18H,1,3-4,17H2. The third-order valence-electron chi connectivity index (χ3n) is 2.56. The van der Waals surface area contributed by atoms with Gasteiger partial charge in [0.05, 0.1) is 5.56 Å². The first-order chi connectivity index (χ1) is 8.40. The zero-order chi connectivity index (χ0) is 13.8. The normalized spacial score (nSPS) is 13.4. The maximum absolute atomic E-state index is 13.1. The number of nitrogens with one attached hydrogen (secondary N) is 1. The van der Waals surface area contributed by atoms with Crippen LogP contribution in [0.25, 0.3) is 0 Å². The molecule has 1 rings (SSSR count). The summed E-state index contributed by atoms with van der Waals surface area (Å²) in [5.41, 5.74) is 1.43. The average molecular weight is 262 g/mol. The molecule has 1 atom stereocenters. The minimum atomic E-state index is -4.71. The fourth-order valence-electron chi connectivity index (χ4n) is 1.61. The lowest BCUT2D eigenvalue weighted by Crippen LogP contribution is -2.28. The monoisotopic (exact) mass is 262 g/mol. The molecule has 0 fully saturated rings. The quantitative estimate of drug-likeness (QED) is 0.370. The number of benzene rings is 1. The predicted molar refractivity (Wildman–Crippen MR) is 60.9 cm³/mol. The summed E-state index contributed by atoms with van der Waals surface area (Å²) in [7, 11) is 0. The van der Waals surface area contributed by atoms with E-state index in [9.17, 15) is 17.6 Å². The number of hydrogen-bond donors (Lipinski definition) is 2. The number of alkyl halides is 3. The van der Waals surface area contributed by atoms with Gasteiger partial charge in [0.25, 0.3) is 0 Å². The van der Waals surface area contributed by atoms with E-state index in [2.05, 4.69) is 12.0 Å². The Morgan fingerprint density at radius 2 is 2.06 bits per heavy atom. The van der Waals surface area contributed by atoms with E-state index in [1.165, 1.54) is 6.07 Å². The highest BCUT2D eigenvalue weighted by atomic mass is 19.4. The van der Waals surface area contributed by atoms with Crippen molar-refractivity contribution in [3.63, 3.8) is 0 Å². The van der Waals surface area contributed by atoms with Gasteiger partial charge in [-0.25, -0.2) is 4.39 Å². The molecule has 1 unspecified atom stereocenters. The Morgan fingerprint density at radius 1 is 1.39 bits per heavy atom. The number of allylic oxidation sites excluding steroid dienone is 1. The second kappa shape index (κ2) is 5.97. The largest absolute Gasteiger partial charge is 0.419 e. The lowest BCUT2D eigenvalue weighted by molar-refractivity contribution is -0.140. The van der Waals surface area contributed by atoms with Gasteiger partial charge in [0.2, 0.25) is 0 Å². The molecule has 0 radical (unpaired) electrons. The highest BCUT2D eigenvalue weighted by molar-refractivity contribution is 5.29. The summed E-state index contributed by atoms with van der Waals surface area (Å²) in [4.78, 5) is 0. The van der Waals surface area contributed by atoms with Crippen LogP contribution in [0.3, 0.4) is 0 Å². The second-order valence-corrected chi connectivity index (χ2v) is 3.82. The zero-order valence-electron chi connectivity index (χ0n) is 9.60. The molecule has 3 N–H and O–H groups in total. The minimum absolute atomic E-state index is 0.299. The molecule has 0 amide bonds. The van der Waals surface area contributed by atoms with Crippen LogP contribution in [-0.4, -0.2) is 0 Å². The van der Waals surface area contributed by atoms with Crippen molar-refractivity contribution >= 4 is 0 Å². The van der Waals surface area contributed by atoms with Crippen molar-refractivity contribution in [2.75, 3.05) is 0 Å². The van der Waals surface area contributed by atoms with E-state index in [4.69, 9.17) is 5.84 Å². The van der Waals surface area contributed by atoms with Crippen LogP contribution >= 0.6 is 0 Å². The zero-order valence-corrected chi connectivity index (χ0v) is 9.60. The van der Waals surface area contributed by atoms with E-state index in [1.807, 2.05) is 0 Å². The van der Waals surface area contributed by atoms with Crippen molar-refractivity contribution in [3.8, 4) is 0 Å². The number of halogens is 4. The maximum Gasteiger partial charge on any atom is 0.419 e. The number of nitrogens with two attached hydrogens (primary N) is 1. The molecule has 0 saturated carbocycles. The van der Waals surface area contributed by atoms with E-state index in [0.717, 1.165) is 12.1 Å². The smallest absolute Gasteiger partial charge is 0.271 e. The maximum atomic E-state index is 13.1. The molecule has 0 aliphatic rings. The molecule has 0 heterocycles. The van der Waals surface area contributed by atoms with Crippen LogP contribution in [0, 0.1) is 5.82 Å². The van der Waals surface area contributed by atoms with E-state index in [1.54, 1.807) is 6.08 Å². The van der Waals surface area contributed by atoms with Crippen LogP contribution < -0.4 is 11.3 Å². The van der Waals surface area contributed by atoms with Crippen molar-refractivity contribution in [3.05, 3.63) is 47.8 Å². The van der Waals surface area contributed by atoms with Gasteiger partial charge in [-0.2, -0.15) is 13.2 Å². The van der Waals surface area contributed by atoms with Crippen LogP contribution in [0.5, 0.6) is 0 Å². The van der Waals surface area contributed by atoms with Crippen LogP contribution in [0.4, 0.5) is 17.6 Å². The van der Waals surface area contributed by atoms with Gasteiger partial charge in [0, 0.05) is 6.04 Å². The Bertz CT molecular complexity index is 415. The Morgan fingerprint density at radius 3 is 2.56 bits per heavy atom. The van der Waals surface area contributed by atoms with Crippen molar-refractivity contribution in [2.45, 2.75) is 25.1 Å². The SMILES string of the molecule is C=CCCC(NN)c1ccc(F)c(C(F)(F)F)c1. The molecule has 0 aliphatic heterocycles. The van der Waals surface area contributed by atoms with Crippen molar-refractivity contribution in [2.24, 2.45) is 5.84 Å². The van der Waals surface area contributed by atoms with Crippen LogP contribution in [0.1, 0.15) is 30.0 Å². The molecule has 100 valence electrons. The van der Waals surface area contributed by atoms with Gasteiger partial charge >= 0.3 is 6.18 Å². The van der Waals surface area contributed by atoms with Crippen molar-refractivity contribution in [1.29, 1.82) is 0 Å². The lowest BCUT2D eigenvalue weighted by atomic mass is 10.00. The van der Waals surface area contributed by atoms with Gasteiger partial charge in [0.1, 0.15) is 5.82 Å². The third-order valence-corrected chi connectivity index (χ3v) is 2.56. The first-order valence-corrected chi connectivity index (χ1v) is 5.33. The van der Waals surface area contributed by atoms with Gasteiger partial charge in [0.15, 0.2) is 0 Å². The van der Waals surface area contributed by atoms with Crippen molar-refractivity contribution < 1.29 is 17.6 Å². The Kier molecular flexibility index (Phi) is 4.86. The van der Waals surface area contributed by atoms with Crippen LogP contribution in [0.15, 0.2) is 30.9 Å². The molecule has 0 aromatic heterocycles. The van der Waals surface area contributed by atoms with Crippen LogP contribution in [-0.2, 0) is 6.18 Å². The Balaban J connectivity index is 3.06. The number of hydrazine groups is 1. The first-order valence-electron chi connectivity index (χ1n) is 5.33. The molecule has 18 heavy (non-hydrogen) atoms. The molecule has 0 spiro atoms. The molecule has 2 nitrogen and oxygen atoms in total. The summed E-state index contributed by atoms with van der Waals surface area (Å²) in [6.45, 7) is 3.52. The number of hydrogen-bond acceptors (Lipinski definition) is 2. The summed E-state index contributed by atoms with van der Waals surface area (Å²) >= 11 is 0. The summed E-state index contributed by atoms with van der Waals surface area (Å²) < 4.78 is 50.7. The van der Waals surface area contributed by atoms with E-state index in [0.29, 0.717) is 18.4 Å². The first kappa shape index (κ1) is 14.7. The summed E-state index contributed by atoms with van der Waals surface area (Å²) in [5.74, 6) is 4.00. The fraction of sp³-hybridized carbons (Fsp3) is 0.333. The predicted octanol–water partition coefficient (Wildman–Crippen LogP) is 3.32. The molecular weight excluding hydrogens is 248 g/mol. The summed E-state index contributed by atoms with van der Waals surface area (Å²) in [5, 5.41) is 0. The van der Waals surface area contributed by atoms with Gasteiger partial charge in [-0.1, -0.05) is 12.1 Å². The lowest BCUT2D eigenvalue weighted by Gasteiger charge is -2.17. The molecule has 1 aromatic carbocycles. The van der Waals surface area contributed by atoms with Crippen LogP contribution in [0.2, 0.25) is 0 Å². The highest BCUT2D eigenvalue weighted by Gasteiger charge is 2.34. The van der Waals surface area contributed by atoms with Gasteiger partial charge < -0.3 is 0 Å². The van der Waals surface area contributed by atoms with Crippen molar-refractivity contribution in [1.82, 2.24) is 5.43 Å². The van der Waals surface area contributed by atoms with Gasteiger partial charge in [-0.05, 0) is 30.5 Å². The summed E-state index contributed by atoms with van der Waals surface area (Å²) in [6.07, 6.45) is -1.99. The second-order valence-electron chi connectivity index (χ2n) is 3.82. The molecule has 1 aromatic rings. The van der Waals surface area contributed by atoms with Gasteiger partial charge in [-0.15, -0.1) is 6.58 Å². The average Bonchev–Trinajstić information content (AvgIpc) is 2.30. The minimum Gasteiger partial charge on any atom is -0.271 e. The van der Waals surface area contributed by atoms with Gasteiger partial charge in [-0.3, -0.25) is 11.3 Å². The molecule has 0 aliphatic carbocycles. The molecule has 6 heteroatoms. The van der Waals surface area contributed by atoms with E-state index in [-0.39, 0.29) is 0 Å². The fourth-order valence-corrected chi connectivity index (χ4v) is 1.61.